The first-order valence-corrected chi connectivity index (χ1v) is 6.78. The van der Waals surface area contributed by atoms with Crippen LogP contribution in [0.25, 0.3) is 10.9 Å². The maximum atomic E-state index is 5.95. The molecule has 0 amide bonds. The van der Waals surface area contributed by atoms with Crippen molar-refractivity contribution in [1.82, 2.24) is 9.88 Å². The molecule has 1 aromatic carbocycles. The number of likely N-dealkylation sites (N-methyl/N-ethyl adjacent to an activating group) is 1. The average Bonchev–Trinajstić information content (AvgIpc) is 2.45. The molecule has 0 bridgehead atoms. The highest BCUT2D eigenvalue weighted by molar-refractivity contribution is 5.98. The van der Waals surface area contributed by atoms with Crippen LogP contribution in [0.1, 0.15) is 0 Å². The number of nitrogens with one attached hydrogen (secondary N) is 1. The van der Waals surface area contributed by atoms with Gasteiger partial charge in [0.1, 0.15) is 0 Å². The lowest BCUT2D eigenvalue weighted by Gasteiger charge is -2.12. The summed E-state index contributed by atoms with van der Waals surface area (Å²) in [7, 11) is 4.07. The van der Waals surface area contributed by atoms with Crippen molar-refractivity contribution in [2.75, 3.05) is 51.4 Å². The van der Waals surface area contributed by atoms with Crippen LogP contribution in [0.5, 0.6) is 0 Å². The zero-order chi connectivity index (χ0) is 14.4. The fraction of sp³-hybridized carbons (Fsp3) is 0.400. The second kappa shape index (κ2) is 7.07. The fourth-order valence-electron chi connectivity index (χ4n) is 1.94. The number of benzene rings is 1. The third kappa shape index (κ3) is 3.82. The number of nitrogens with two attached hydrogens (primary N) is 1. The minimum absolute atomic E-state index is 0.673. The lowest BCUT2D eigenvalue weighted by Crippen LogP contribution is -2.20. The predicted molar refractivity (Wildman–Crippen MR) is 84.0 cm³/mol. The Balaban J connectivity index is 1.89. The van der Waals surface area contributed by atoms with Crippen LogP contribution in [0.4, 0.5) is 11.4 Å². The highest BCUT2D eigenvalue weighted by Crippen LogP contribution is 2.25. The molecule has 108 valence electrons. The summed E-state index contributed by atoms with van der Waals surface area (Å²) >= 11 is 0. The highest BCUT2D eigenvalue weighted by Gasteiger charge is 2.04. The molecule has 0 unspecified atom stereocenters. The Labute approximate surface area is 119 Å². The van der Waals surface area contributed by atoms with E-state index in [2.05, 4.69) is 15.2 Å². The number of hydrogen-bond acceptors (Lipinski definition) is 5. The van der Waals surface area contributed by atoms with Gasteiger partial charge >= 0.3 is 0 Å². The van der Waals surface area contributed by atoms with Gasteiger partial charge < -0.3 is 20.7 Å². The Kier molecular flexibility index (Phi) is 5.15. The van der Waals surface area contributed by atoms with Gasteiger partial charge in [-0.15, -0.1) is 0 Å². The summed E-state index contributed by atoms with van der Waals surface area (Å²) in [6, 6.07) is 7.74. The van der Waals surface area contributed by atoms with Crippen LogP contribution in [0.2, 0.25) is 0 Å². The van der Waals surface area contributed by atoms with Crippen molar-refractivity contribution in [3.8, 4) is 0 Å². The molecular formula is C15H22N4O. The number of pyridine rings is 1. The van der Waals surface area contributed by atoms with E-state index in [0.717, 1.165) is 42.0 Å². The number of nitrogen functional groups attached to an aromatic ring is 1. The summed E-state index contributed by atoms with van der Waals surface area (Å²) in [5.41, 5.74) is 8.60. The summed E-state index contributed by atoms with van der Waals surface area (Å²) < 4.78 is 5.55. The van der Waals surface area contributed by atoms with E-state index in [0.29, 0.717) is 6.61 Å². The quantitative estimate of drug-likeness (QED) is 0.595. The zero-order valence-electron chi connectivity index (χ0n) is 12.1. The molecule has 20 heavy (non-hydrogen) atoms. The van der Waals surface area contributed by atoms with Crippen molar-refractivity contribution in [3.63, 3.8) is 0 Å². The number of anilines is 2. The predicted octanol–water partition coefficient (Wildman–Crippen LogP) is 1.81. The smallest absolute Gasteiger partial charge is 0.0953 e. The number of nitrogens with zero attached hydrogens (tertiary/aromatic N) is 2. The molecule has 0 aliphatic heterocycles. The summed E-state index contributed by atoms with van der Waals surface area (Å²) in [6.45, 7) is 3.11. The van der Waals surface area contributed by atoms with Crippen LogP contribution in [-0.4, -0.2) is 50.3 Å². The van der Waals surface area contributed by atoms with Crippen LogP contribution < -0.4 is 11.1 Å². The number of hydrogen-bond donors (Lipinski definition) is 2. The van der Waals surface area contributed by atoms with Gasteiger partial charge in [0.25, 0.3) is 0 Å². The van der Waals surface area contributed by atoms with Crippen molar-refractivity contribution < 1.29 is 4.74 Å². The van der Waals surface area contributed by atoms with Gasteiger partial charge in [-0.1, -0.05) is 0 Å². The van der Waals surface area contributed by atoms with Crippen molar-refractivity contribution in [2.45, 2.75) is 0 Å². The van der Waals surface area contributed by atoms with Gasteiger partial charge in [-0.3, -0.25) is 4.98 Å². The normalized spacial score (nSPS) is 11.2. The summed E-state index contributed by atoms with van der Waals surface area (Å²) in [6.07, 6.45) is 1.78. The minimum atomic E-state index is 0.673. The SMILES string of the molecule is CN(C)CCOCCNc1ccc(N)c2cccnc12. The number of rotatable bonds is 7. The monoisotopic (exact) mass is 274 g/mol. The van der Waals surface area contributed by atoms with Crippen molar-refractivity contribution >= 4 is 22.3 Å². The van der Waals surface area contributed by atoms with E-state index in [1.807, 2.05) is 38.4 Å². The topological polar surface area (TPSA) is 63.4 Å². The van der Waals surface area contributed by atoms with Crippen molar-refractivity contribution in [3.05, 3.63) is 30.5 Å². The van der Waals surface area contributed by atoms with Crippen molar-refractivity contribution in [2.24, 2.45) is 0 Å². The van der Waals surface area contributed by atoms with Gasteiger partial charge in [0.05, 0.1) is 24.4 Å². The van der Waals surface area contributed by atoms with Gasteiger partial charge in [0, 0.05) is 30.4 Å². The van der Waals surface area contributed by atoms with Crippen LogP contribution in [0.15, 0.2) is 30.5 Å². The molecule has 2 aromatic rings. The molecule has 3 N–H and O–H groups in total. The maximum absolute atomic E-state index is 5.95. The third-order valence-corrected chi connectivity index (χ3v) is 3.05. The number of ether oxygens (including phenoxy) is 1. The fourth-order valence-corrected chi connectivity index (χ4v) is 1.94. The molecule has 0 spiro atoms. The van der Waals surface area contributed by atoms with Gasteiger partial charge in [-0.2, -0.15) is 0 Å². The van der Waals surface area contributed by atoms with E-state index >= 15 is 0 Å². The molecular weight excluding hydrogens is 252 g/mol. The Hall–Kier alpha value is -1.85. The maximum Gasteiger partial charge on any atom is 0.0953 e. The van der Waals surface area contributed by atoms with Gasteiger partial charge in [0.2, 0.25) is 0 Å². The molecule has 1 heterocycles. The second-order valence-corrected chi connectivity index (χ2v) is 4.94. The van der Waals surface area contributed by atoms with E-state index in [9.17, 15) is 0 Å². The Morgan fingerprint density at radius 1 is 1.25 bits per heavy atom. The van der Waals surface area contributed by atoms with E-state index < -0.39 is 0 Å². The Bertz CT molecular complexity index is 557. The lowest BCUT2D eigenvalue weighted by atomic mass is 10.1. The summed E-state index contributed by atoms with van der Waals surface area (Å²) in [4.78, 5) is 6.49. The molecule has 0 fully saturated rings. The summed E-state index contributed by atoms with van der Waals surface area (Å²) in [5.74, 6) is 0. The lowest BCUT2D eigenvalue weighted by molar-refractivity contribution is 0.126. The zero-order valence-corrected chi connectivity index (χ0v) is 12.1. The van der Waals surface area contributed by atoms with Gasteiger partial charge in [0.15, 0.2) is 0 Å². The van der Waals surface area contributed by atoms with Crippen LogP contribution in [0.3, 0.4) is 0 Å². The molecule has 5 nitrogen and oxygen atoms in total. The second-order valence-electron chi connectivity index (χ2n) is 4.94. The van der Waals surface area contributed by atoms with Gasteiger partial charge in [-0.25, -0.2) is 0 Å². The van der Waals surface area contributed by atoms with E-state index in [1.54, 1.807) is 6.20 Å². The number of aromatic nitrogens is 1. The molecule has 0 aliphatic rings. The van der Waals surface area contributed by atoms with Gasteiger partial charge in [-0.05, 0) is 38.4 Å². The molecule has 0 atom stereocenters. The third-order valence-electron chi connectivity index (χ3n) is 3.05. The largest absolute Gasteiger partial charge is 0.398 e. The summed E-state index contributed by atoms with van der Waals surface area (Å²) in [5, 5.41) is 4.32. The Morgan fingerprint density at radius 2 is 2.10 bits per heavy atom. The first kappa shape index (κ1) is 14.6. The van der Waals surface area contributed by atoms with Crippen LogP contribution in [0, 0.1) is 0 Å². The Morgan fingerprint density at radius 3 is 2.90 bits per heavy atom. The van der Waals surface area contributed by atoms with Crippen LogP contribution >= 0.6 is 0 Å². The number of fused-ring (bicyclic) bond motifs is 1. The average molecular weight is 274 g/mol. The highest BCUT2D eigenvalue weighted by atomic mass is 16.5. The molecule has 1 aromatic heterocycles. The first-order valence-electron chi connectivity index (χ1n) is 6.78. The first-order chi connectivity index (χ1) is 9.68. The van der Waals surface area contributed by atoms with E-state index in [1.165, 1.54) is 0 Å². The van der Waals surface area contributed by atoms with Crippen molar-refractivity contribution in [1.29, 1.82) is 0 Å². The molecule has 2 rings (SSSR count). The molecule has 0 saturated carbocycles. The molecule has 5 heteroatoms. The van der Waals surface area contributed by atoms with E-state index in [-0.39, 0.29) is 0 Å². The standard InChI is InChI=1S/C15H22N4O/c1-19(2)9-11-20-10-8-17-14-6-5-13(16)12-4-3-7-18-15(12)14/h3-7,17H,8-11,16H2,1-2H3. The van der Waals surface area contributed by atoms with E-state index in [4.69, 9.17) is 10.5 Å². The molecule has 0 saturated heterocycles. The van der Waals surface area contributed by atoms with Crippen LogP contribution in [-0.2, 0) is 4.74 Å². The molecule has 0 aliphatic carbocycles. The molecule has 0 radical (unpaired) electrons. The minimum Gasteiger partial charge on any atom is -0.398 e.